The summed E-state index contributed by atoms with van der Waals surface area (Å²) in [6.45, 7) is 9.72. The molecule has 0 spiro atoms. The van der Waals surface area contributed by atoms with E-state index in [1.54, 1.807) is 11.3 Å². The van der Waals surface area contributed by atoms with Crippen molar-refractivity contribution in [3.8, 4) is 0 Å². The van der Waals surface area contributed by atoms with E-state index in [0.717, 1.165) is 30.3 Å². The lowest BCUT2D eigenvalue weighted by Gasteiger charge is -2.20. The molecule has 3 nitrogen and oxygen atoms in total. The quantitative estimate of drug-likeness (QED) is 0.810. The molecule has 1 aromatic rings. The van der Waals surface area contributed by atoms with E-state index in [-0.39, 0.29) is 6.61 Å². The van der Waals surface area contributed by atoms with Crippen molar-refractivity contribution in [3.63, 3.8) is 0 Å². The van der Waals surface area contributed by atoms with Gasteiger partial charge in [-0.05, 0) is 12.5 Å². The van der Waals surface area contributed by atoms with Crippen molar-refractivity contribution in [2.24, 2.45) is 5.92 Å². The number of hydrogen-bond donors (Lipinski definition) is 1. The molecule has 0 amide bonds. The maximum absolute atomic E-state index is 8.92. The van der Waals surface area contributed by atoms with Gasteiger partial charge in [-0.2, -0.15) is 0 Å². The summed E-state index contributed by atoms with van der Waals surface area (Å²) >= 11 is 1.63. The third-order valence-corrected chi connectivity index (χ3v) is 3.07. The maximum atomic E-state index is 8.92. The van der Waals surface area contributed by atoms with Gasteiger partial charge in [-0.1, -0.05) is 20.8 Å². The Morgan fingerprint density at radius 2 is 2.27 bits per heavy atom. The van der Waals surface area contributed by atoms with Crippen LogP contribution in [-0.2, 0) is 13.2 Å². The summed E-state index contributed by atoms with van der Waals surface area (Å²) in [4.78, 5) is 6.73. The number of rotatable bonds is 6. The van der Waals surface area contributed by atoms with Gasteiger partial charge in [0.05, 0.1) is 18.8 Å². The molecule has 15 heavy (non-hydrogen) atoms. The lowest BCUT2D eigenvalue weighted by molar-refractivity contribution is 0.246. The van der Waals surface area contributed by atoms with E-state index in [1.165, 1.54) is 0 Å². The second kappa shape index (κ2) is 6.20. The molecule has 0 aliphatic rings. The topological polar surface area (TPSA) is 36.4 Å². The van der Waals surface area contributed by atoms with Gasteiger partial charge >= 0.3 is 0 Å². The van der Waals surface area contributed by atoms with Gasteiger partial charge in [-0.25, -0.2) is 4.98 Å². The van der Waals surface area contributed by atoms with Crippen LogP contribution >= 0.6 is 11.3 Å². The summed E-state index contributed by atoms with van der Waals surface area (Å²) in [5, 5.41) is 11.9. The highest BCUT2D eigenvalue weighted by Crippen LogP contribution is 2.13. The van der Waals surface area contributed by atoms with Crippen LogP contribution in [-0.4, -0.2) is 28.1 Å². The van der Waals surface area contributed by atoms with E-state index in [4.69, 9.17) is 5.11 Å². The van der Waals surface area contributed by atoms with E-state index in [1.807, 2.05) is 5.38 Å². The van der Waals surface area contributed by atoms with Crippen molar-refractivity contribution >= 4 is 11.3 Å². The Kier molecular flexibility index (Phi) is 5.22. The minimum Gasteiger partial charge on any atom is -0.390 e. The van der Waals surface area contributed by atoms with Gasteiger partial charge in [0.25, 0.3) is 0 Å². The van der Waals surface area contributed by atoms with Gasteiger partial charge < -0.3 is 5.11 Å². The van der Waals surface area contributed by atoms with E-state index in [0.29, 0.717) is 5.92 Å². The number of hydrogen-bond acceptors (Lipinski definition) is 4. The van der Waals surface area contributed by atoms with Crippen LogP contribution in [0.2, 0.25) is 0 Å². The zero-order chi connectivity index (χ0) is 11.3. The molecule has 1 N–H and O–H groups in total. The Morgan fingerprint density at radius 1 is 1.53 bits per heavy atom. The molecule has 1 rings (SSSR count). The van der Waals surface area contributed by atoms with Crippen LogP contribution in [0.5, 0.6) is 0 Å². The van der Waals surface area contributed by atoms with E-state index in [2.05, 4.69) is 30.7 Å². The van der Waals surface area contributed by atoms with Crippen LogP contribution in [0.3, 0.4) is 0 Å². The Hall–Kier alpha value is -0.450. The molecule has 0 aliphatic carbocycles. The molecule has 0 fully saturated rings. The third-order valence-electron chi connectivity index (χ3n) is 2.19. The van der Waals surface area contributed by atoms with Crippen molar-refractivity contribution in [2.45, 2.75) is 33.9 Å². The van der Waals surface area contributed by atoms with Crippen LogP contribution in [0.15, 0.2) is 5.38 Å². The molecule has 0 radical (unpaired) electrons. The van der Waals surface area contributed by atoms with Gasteiger partial charge in [0.2, 0.25) is 0 Å². The highest BCUT2D eigenvalue weighted by atomic mass is 32.1. The van der Waals surface area contributed by atoms with Crippen molar-refractivity contribution in [2.75, 3.05) is 13.1 Å². The molecule has 86 valence electrons. The van der Waals surface area contributed by atoms with Gasteiger partial charge in [-0.15, -0.1) is 11.3 Å². The number of aliphatic hydroxyl groups is 1. The molecule has 0 atom stereocenters. The average molecular weight is 228 g/mol. The summed E-state index contributed by atoms with van der Waals surface area (Å²) in [6, 6.07) is 0. The predicted molar refractivity (Wildman–Crippen MR) is 63.8 cm³/mol. The van der Waals surface area contributed by atoms with Gasteiger partial charge in [-0.3, -0.25) is 4.90 Å². The molecule has 0 unspecified atom stereocenters. The highest BCUT2D eigenvalue weighted by molar-refractivity contribution is 7.09. The van der Waals surface area contributed by atoms with Crippen molar-refractivity contribution < 1.29 is 5.11 Å². The minimum atomic E-state index is 0.0484. The predicted octanol–water partition coefficient (Wildman–Crippen LogP) is 2.11. The fourth-order valence-corrected chi connectivity index (χ4v) is 2.33. The molecule has 4 heteroatoms. The van der Waals surface area contributed by atoms with Crippen molar-refractivity contribution in [1.29, 1.82) is 0 Å². The van der Waals surface area contributed by atoms with Crippen LogP contribution < -0.4 is 0 Å². The first kappa shape index (κ1) is 12.6. The Balaban J connectivity index is 2.50. The highest BCUT2D eigenvalue weighted by Gasteiger charge is 2.08. The number of aromatic nitrogens is 1. The number of thiazole rings is 1. The molecule has 1 aromatic heterocycles. The number of aliphatic hydroxyl groups excluding tert-OH is 1. The largest absolute Gasteiger partial charge is 0.390 e. The first-order valence-electron chi connectivity index (χ1n) is 5.42. The lowest BCUT2D eigenvalue weighted by Crippen LogP contribution is -2.27. The zero-order valence-corrected chi connectivity index (χ0v) is 10.5. The molecule has 0 bridgehead atoms. The maximum Gasteiger partial charge on any atom is 0.107 e. The van der Waals surface area contributed by atoms with E-state index in [9.17, 15) is 0 Å². The molecule has 1 heterocycles. The Morgan fingerprint density at radius 3 is 2.73 bits per heavy atom. The lowest BCUT2D eigenvalue weighted by atomic mass is 10.2. The van der Waals surface area contributed by atoms with Crippen LogP contribution in [0.1, 0.15) is 31.5 Å². The summed E-state index contributed by atoms with van der Waals surface area (Å²) in [5.41, 5.74) is 0.788. The second-order valence-electron chi connectivity index (χ2n) is 4.11. The van der Waals surface area contributed by atoms with Crippen LogP contribution in [0, 0.1) is 5.92 Å². The van der Waals surface area contributed by atoms with E-state index >= 15 is 0 Å². The molecule has 0 saturated heterocycles. The number of nitrogens with zero attached hydrogens (tertiary/aromatic N) is 2. The van der Waals surface area contributed by atoms with Crippen LogP contribution in [0.4, 0.5) is 0 Å². The summed E-state index contributed by atoms with van der Waals surface area (Å²) in [7, 11) is 0. The Bertz CT molecular complexity index is 286. The van der Waals surface area contributed by atoms with Crippen molar-refractivity contribution in [3.05, 3.63) is 16.1 Å². The van der Waals surface area contributed by atoms with Gasteiger partial charge in [0, 0.05) is 11.9 Å². The Labute approximate surface area is 95.8 Å². The molecule has 0 aliphatic heterocycles. The molecule has 0 aromatic carbocycles. The first-order valence-corrected chi connectivity index (χ1v) is 6.30. The SMILES string of the molecule is CCN(Cc1nc(CO)cs1)CC(C)C. The first-order chi connectivity index (χ1) is 7.15. The van der Waals surface area contributed by atoms with Gasteiger partial charge in [0.15, 0.2) is 0 Å². The zero-order valence-electron chi connectivity index (χ0n) is 9.73. The molecule has 0 saturated carbocycles. The van der Waals surface area contributed by atoms with E-state index < -0.39 is 0 Å². The average Bonchev–Trinajstić information content (AvgIpc) is 2.64. The molecular weight excluding hydrogens is 208 g/mol. The van der Waals surface area contributed by atoms with Crippen molar-refractivity contribution in [1.82, 2.24) is 9.88 Å². The van der Waals surface area contributed by atoms with Crippen LogP contribution in [0.25, 0.3) is 0 Å². The summed E-state index contributed by atoms with van der Waals surface area (Å²) in [6.07, 6.45) is 0. The second-order valence-corrected chi connectivity index (χ2v) is 5.05. The summed E-state index contributed by atoms with van der Waals surface area (Å²) in [5.74, 6) is 0.683. The standard InChI is InChI=1S/C11H20N2OS/c1-4-13(5-9(2)3)6-11-12-10(7-14)8-15-11/h8-9,14H,4-7H2,1-3H3. The monoisotopic (exact) mass is 228 g/mol. The third kappa shape index (κ3) is 4.28. The van der Waals surface area contributed by atoms with Gasteiger partial charge in [0.1, 0.15) is 5.01 Å². The summed E-state index contributed by atoms with van der Waals surface area (Å²) < 4.78 is 0. The minimum absolute atomic E-state index is 0.0484. The smallest absolute Gasteiger partial charge is 0.107 e. The molecular formula is C11H20N2OS. The normalized spacial score (nSPS) is 11.6. The fraction of sp³-hybridized carbons (Fsp3) is 0.727. The fourth-order valence-electron chi connectivity index (χ4n) is 1.51.